The third kappa shape index (κ3) is 2.15. The highest BCUT2D eigenvalue weighted by molar-refractivity contribution is 5.17. The second-order valence-electron chi connectivity index (χ2n) is 5.43. The molecule has 0 aliphatic heterocycles. The number of hydrogen-bond acceptors (Lipinski definition) is 2. The van der Waals surface area contributed by atoms with E-state index in [2.05, 4.69) is 45.9 Å². The van der Waals surface area contributed by atoms with Crippen molar-refractivity contribution in [2.24, 2.45) is 5.73 Å². The summed E-state index contributed by atoms with van der Waals surface area (Å²) < 4.78 is 1.99. The molecule has 0 bridgehead atoms. The second-order valence-corrected chi connectivity index (χ2v) is 5.43. The Hall–Kier alpha value is -0.830. The summed E-state index contributed by atoms with van der Waals surface area (Å²) in [5, 5.41) is 4.36. The summed E-state index contributed by atoms with van der Waals surface area (Å²) in [5.74, 6) is 0. The maximum Gasteiger partial charge on any atom is 0.0543 e. The van der Waals surface area contributed by atoms with Gasteiger partial charge in [-0.3, -0.25) is 4.68 Å². The molecule has 3 heteroatoms. The van der Waals surface area contributed by atoms with E-state index in [1.54, 1.807) is 0 Å². The fourth-order valence-corrected chi connectivity index (χ4v) is 1.16. The first-order valence-electron chi connectivity index (χ1n) is 5.03. The van der Waals surface area contributed by atoms with Crippen molar-refractivity contribution >= 4 is 0 Å². The van der Waals surface area contributed by atoms with E-state index in [0.717, 1.165) is 0 Å². The van der Waals surface area contributed by atoms with Crippen LogP contribution in [0.15, 0.2) is 12.4 Å². The van der Waals surface area contributed by atoms with Gasteiger partial charge < -0.3 is 5.73 Å². The fourth-order valence-electron chi connectivity index (χ4n) is 1.16. The number of rotatable bonds is 2. The minimum absolute atomic E-state index is 0.0174. The Bertz CT molecular complexity index is 305. The first-order valence-corrected chi connectivity index (χ1v) is 5.03. The molecule has 0 fully saturated rings. The highest BCUT2D eigenvalue weighted by Gasteiger charge is 2.22. The maximum atomic E-state index is 5.72. The first-order chi connectivity index (χ1) is 6.27. The molecule has 1 rings (SSSR count). The second kappa shape index (κ2) is 3.39. The van der Waals surface area contributed by atoms with Crippen LogP contribution >= 0.6 is 0 Å². The molecule has 80 valence electrons. The minimum Gasteiger partial charge on any atom is -0.330 e. The molecule has 0 radical (unpaired) electrons. The first kappa shape index (κ1) is 11.2. The van der Waals surface area contributed by atoms with Crippen LogP contribution in [0, 0.1) is 0 Å². The van der Waals surface area contributed by atoms with E-state index in [4.69, 9.17) is 5.73 Å². The fraction of sp³-hybridized carbons (Fsp3) is 0.727. The molecule has 3 nitrogen and oxygen atoms in total. The van der Waals surface area contributed by atoms with Crippen molar-refractivity contribution in [3.8, 4) is 0 Å². The van der Waals surface area contributed by atoms with Gasteiger partial charge in [0, 0.05) is 18.2 Å². The number of hydrogen-bond donors (Lipinski definition) is 1. The quantitative estimate of drug-likeness (QED) is 0.783. The molecule has 14 heavy (non-hydrogen) atoms. The lowest BCUT2D eigenvalue weighted by Gasteiger charge is -2.22. The Morgan fingerprint density at radius 1 is 1.29 bits per heavy atom. The molecule has 0 unspecified atom stereocenters. The Balaban J connectivity index is 3.00. The van der Waals surface area contributed by atoms with Gasteiger partial charge in [-0.05, 0) is 26.3 Å². The summed E-state index contributed by atoms with van der Waals surface area (Å²) in [6.07, 6.45) is 4.00. The summed E-state index contributed by atoms with van der Waals surface area (Å²) in [4.78, 5) is 0. The highest BCUT2D eigenvalue weighted by atomic mass is 15.3. The van der Waals surface area contributed by atoms with Gasteiger partial charge in [0.05, 0.1) is 11.7 Å². The average Bonchev–Trinajstić information content (AvgIpc) is 2.51. The number of aromatic nitrogens is 2. The molecule has 0 aliphatic carbocycles. The van der Waals surface area contributed by atoms with Gasteiger partial charge in [-0.25, -0.2) is 0 Å². The molecule has 0 saturated heterocycles. The van der Waals surface area contributed by atoms with Gasteiger partial charge in [-0.15, -0.1) is 0 Å². The molecular formula is C11H21N3. The van der Waals surface area contributed by atoms with E-state index in [1.807, 2.05) is 10.9 Å². The van der Waals surface area contributed by atoms with Gasteiger partial charge in [0.25, 0.3) is 0 Å². The van der Waals surface area contributed by atoms with Gasteiger partial charge in [0.2, 0.25) is 0 Å². The summed E-state index contributed by atoms with van der Waals surface area (Å²) in [6, 6.07) is 0. The maximum absolute atomic E-state index is 5.72. The van der Waals surface area contributed by atoms with Crippen LogP contribution < -0.4 is 5.73 Å². The van der Waals surface area contributed by atoms with Gasteiger partial charge in [-0.2, -0.15) is 5.10 Å². The van der Waals surface area contributed by atoms with E-state index in [-0.39, 0.29) is 11.0 Å². The third-order valence-corrected chi connectivity index (χ3v) is 2.56. The van der Waals surface area contributed by atoms with Gasteiger partial charge in [0.15, 0.2) is 0 Å². The van der Waals surface area contributed by atoms with Gasteiger partial charge in [0.1, 0.15) is 0 Å². The molecule has 0 amide bonds. The van der Waals surface area contributed by atoms with Crippen molar-refractivity contribution in [3.63, 3.8) is 0 Å². The number of nitrogens with zero attached hydrogens (tertiary/aromatic N) is 2. The Labute approximate surface area is 86.3 Å². The summed E-state index contributed by atoms with van der Waals surface area (Å²) in [6.45, 7) is 11.3. The third-order valence-electron chi connectivity index (χ3n) is 2.56. The summed E-state index contributed by atoms with van der Waals surface area (Å²) >= 11 is 0. The predicted octanol–water partition coefficient (Wildman–Crippen LogP) is 1.87. The predicted molar refractivity (Wildman–Crippen MR) is 59.3 cm³/mol. The molecule has 0 aliphatic rings. The normalized spacial score (nSPS) is 13.3. The lowest BCUT2D eigenvalue weighted by molar-refractivity contribution is 0.354. The summed E-state index contributed by atoms with van der Waals surface area (Å²) in [5.41, 5.74) is 6.99. The van der Waals surface area contributed by atoms with E-state index in [0.29, 0.717) is 6.54 Å². The lowest BCUT2D eigenvalue weighted by atomic mass is 9.87. The van der Waals surface area contributed by atoms with E-state index >= 15 is 0 Å². The van der Waals surface area contributed by atoms with E-state index < -0.39 is 0 Å². The van der Waals surface area contributed by atoms with Crippen molar-refractivity contribution in [2.45, 2.75) is 45.6 Å². The standard InChI is InChI=1S/C11H21N3/c1-10(2,3)14-7-9(6-13-14)11(4,5)8-12/h6-7H,8,12H2,1-5H3. The van der Waals surface area contributed by atoms with Crippen molar-refractivity contribution < 1.29 is 0 Å². The van der Waals surface area contributed by atoms with Crippen molar-refractivity contribution in [2.75, 3.05) is 6.54 Å². The van der Waals surface area contributed by atoms with Crippen molar-refractivity contribution in [3.05, 3.63) is 18.0 Å². The SMILES string of the molecule is CC(C)(CN)c1cnn(C(C)(C)C)c1. The zero-order chi connectivity index (χ0) is 11.0. The molecule has 2 N–H and O–H groups in total. The topological polar surface area (TPSA) is 43.8 Å². The molecule has 0 atom stereocenters. The van der Waals surface area contributed by atoms with Crippen molar-refractivity contribution in [1.29, 1.82) is 0 Å². The monoisotopic (exact) mass is 195 g/mol. The van der Waals surface area contributed by atoms with E-state index in [1.165, 1.54) is 5.56 Å². The van der Waals surface area contributed by atoms with E-state index in [9.17, 15) is 0 Å². The molecule has 1 heterocycles. The van der Waals surface area contributed by atoms with Crippen LogP contribution in [0.4, 0.5) is 0 Å². The van der Waals surface area contributed by atoms with Crippen LogP contribution in [-0.4, -0.2) is 16.3 Å². The molecule has 1 aromatic rings. The molecule has 0 aromatic carbocycles. The Morgan fingerprint density at radius 3 is 2.21 bits per heavy atom. The van der Waals surface area contributed by atoms with Crippen molar-refractivity contribution in [1.82, 2.24) is 9.78 Å². The van der Waals surface area contributed by atoms with Crippen LogP contribution in [0.5, 0.6) is 0 Å². The lowest BCUT2D eigenvalue weighted by Crippen LogP contribution is -2.28. The van der Waals surface area contributed by atoms with Crippen LogP contribution in [0.25, 0.3) is 0 Å². The van der Waals surface area contributed by atoms with Crippen LogP contribution in [0.1, 0.15) is 40.2 Å². The molecular weight excluding hydrogens is 174 g/mol. The van der Waals surface area contributed by atoms with Crippen LogP contribution in [0.3, 0.4) is 0 Å². The van der Waals surface area contributed by atoms with Crippen LogP contribution in [0.2, 0.25) is 0 Å². The Kier molecular flexibility index (Phi) is 2.72. The minimum atomic E-state index is 0.0174. The average molecular weight is 195 g/mol. The summed E-state index contributed by atoms with van der Waals surface area (Å²) in [7, 11) is 0. The largest absolute Gasteiger partial charge is 0.330 e. The zero-order valence-corrected chi connectivity index (χ0v) is 9.83. The molecule has 0 saturated carbocycles. The van der Waals surface area contributed by atoms with Gasteiger partial charge in [-0.1, -0.05) is 13.8 Å². The van der Waals surface area contributed by atoms with Crippen LogP contribution in [-0.2, 0) is 11.0 Å². The smallest absolute Gasteiger partial charge is 0.0543 e. The zero-order valence-electron chi connectivity index (χ0n) is 9.83. The highest BCUT2D eigenvalue weighted by Crippen LogP contribution is 2.23. The Morgan fingerprint density at radius 2 is 1.86 bits per heavy atom. The van der Waals surface area contributed by atoms with Gasteiger partial charge >= 0.3 is 0 Å². The molecule has 0 spiro atoms. The number of nitrogens with two attached hydrogens (primary N) is 1. The molecule has 1 aromatic heterocycles.